The van der Waals surface area contributed by atoms with Crippen LogP contribution in [0.5, 0.6) is 5.75 Å². The van der Waals surface area contributed by atoms with E-state index in [4.69, 9.17) is 4.74 Å². The zero-order valence-corrected chi connectivity index (χ0v) is 18.9. The first-order chi connectivity index (χ1) is 15.4. The van der Waals surface area contributed by atoms with E-state index in [1.54, 1.807) is 0 Å². The SMILES string of the molecule is Cc1ccc(Cn2c(C(=O)O)c(OC34CC5CC(CC(C5)C3)C4)c3cc(C)ccc32)cc1. The van der Waals surface area contributed by atoms with Crippen LogP contribution in [0.1, 0.15) is 65.7 Å². The van der Waals surface area contributed by atoms with Gasteiger partial charge in [0, 0.05) is 11.9 Å². The second-order valence-corrected chi connectivity index (χ2v) is 10.8. The van der Waals surface area contributed by atoms with E-state index in [2.05, 4.69) is 56.3 Å². The Balaban J connectivity index is 1.48. The molecule has 4 heteroatoms. The van der Waals surface area contributed by atoms with Crippen LogP contribution in [-0.2, 0) is 6.54 Å². The van der Waals surface area contributed by atoms with Gasteiger partial charge in [0.2, 0.25) is 0 Å². The summed E-state index contributed by atoms with van der Waals surface area (Å²) in [6, 6.07) is 14.5. The molecule has 1 heterocycles. The molecule has 7 rings (SSSR count). The minimum Gasteiger partial charge on any atom is -0.484 e. The molecule has 4 nitrogen and oxygen atoms in total. The summed E-state index contributed by atoms with van der Waals surface area (Å²) in [4.78, 5) is 12.6. The van der Waals surface area contributed by atoms with Crippen molar-refractivity contribution in [3.63, 3.8) is 0 Å². The molecule has 0 spiro atoms. The van der Waals surface area contributed by atoms with Crippen LogP contribution in [0.2, 0.25) is 0 Å². The highest BCUT2D eigenvalue weighted by molar-refractivity contribution is 6.01. The summed E-state index contributed by atoms with van der Waals surface area (Å²) in [5.74, 6) is 1.92. The summed E-state index contributed by atoms with van der Waals surface area (Å²) in [5, 5.41) is 11.3. The smallest absolute Gasteiger partial charge is 0.356 e. The van der Waals surface area contributed by atoms with Gasteiger partial charge in [-0.2, -0.15) is 0 Å². The van der Waals surface area contributed by atoms with Crippen LogP contribution >= 0.6 is 0 Å². The average Bonchev–Trinajstić information content (AvgIpc) is 3.00. The predicted octanol–water partition coefficient (Wildman–Crippen LogP) is 6.35. The lowest BCUT2D eigenvalue weighted by molar-refractivity contribution is -0.107. The van der Waals surface area contributed by atoms with Crippen molar-refractivity contribution in [3.8, 4) is 5.75 Å². The first-order valence-electron chi connectivity index (χ1n) is 12.0. The van der Waals surface area contributed by atoms with Gasteiger partial charge in [0.25, 0.3) is 0 Å². The molecule has 166 valence electrons. The molecule has 0 radical (unpaired) electrons. The second-order valence-electron chi connectivity index (χ2n) is 10.8. The Hall–Kier alpha value is -2.75. The number of carboxylic acid groups (broad SMARTS) is 1. The Morgan fingerprint density at radius 1 is 0.969 bits per heavy atom. The number of nitrogens with zero attached hydrogens (tertiary/aromatic N) is 1. The lowest BCUT2D eigenvalue weighted by atomic mass is 9.54. The lowest BCUT2D eigenvalue weighted by Gasteiger charge is -2.56. The maximum absolute atomic E-state index is 12.6. The fourth-order valence-corrected chi connectivity index (χ4v) is 7.17. The van der Waals surface area contributed by atoms with Crippen molar-refractivity contribution in [2.75, 3.05) is 0 Å². The van der Waals surface area contributed by atoms with Gasteiger partial charge in [0.05, 0.1) is 5.52 Å². The van der Waals surface area contributed by atoms with Crippen molar-refractivity contribution in [1.29, 1.82) is 0 Å². The standard InChI is InChI=1S/C28H31NO3/c1-17-3-6-19(7-4-17)16-29-24-8-5-18(2)9-23(24)26(25(29)27(30)31)32-28-13-20-10-21(14-28)12-22(11-20)15-28/h3-9,20-22H,10-16H2,1-2H3,(H,30,31). The molecule has 4 fully saturated rings. The molecule has 4 aliphatic rings. The number of aryl methyl sites for hydroxylation is 2. The van der Waals surface area contributed by atoms with E-state index in [1.165, 1.54) is 24.8 Å². The molecule has 0 aliphatic heterocycles. The van der Waals surface area contributed by atoms with Gasteiger partial charge in [-0.05, 0) is 87.8 Å². The van der Waals surface area contributed by atoms with Gasteiger partial charge in [-0.25, -0.2) is 4.79 Å². The van der Waals surface area contributed by atoms with E-state index in [1.807, 2.05) is 4.57 Å². The molecule has 0 unspecified atom stereocenters. The molecule has 4 bridgehead atoms. The normalized spacial score (nSPS) is 28.4. The highest BCUT2D eigenvalue weighted by atomic mass is 16.5. The van der Waals surface area contributed by atoms with Gasteiger partial charge in [0.15, 0.2) is 11.4 Å². The Kier molecular flexibility index (Phi) is 4.43. The molecule has 0 amide bonds. The van der Waals surface area contributed by atoms with Crippen molar-refractivity contribution in [3.05, 3.63) is 64.8 Å². The van der Waals surface area contributed by atoms with E-state index >= 15 is 0 Å². The summed E-state index contributed by atoms with van der Waals surface area (Å²) < 4.78 is 8.85. The maximum atomic E-state index is 12.6. The van der Waals surface area contributed by atoms with Crippen molar-refractivity contribution in [1.82, 2.24) is 4.57 Å². The van der Waals surface area contributed by atoms with E-state index in [0.29, 0.717) is 18.0 Å². The predicted molar refractivity (Wildman–Crippen MR) is 125 cm³/mol. The zero-order valence-electron chi connectivity index (χ0n) is 18.9. The molecular weight excluding hydrogens is 398 g/mol. The Bertz CT molecular complexity index is 1170. The highest BCUT2D eigenvalue weighted by Gasteiger charge is 2.53. The Morgan fingerprint density at radius 2 is 1.56 bits per heavy atom. The third kappa shape index (κ3) is 3.23. The third-order valence-electron chi connectivity index (χ3n) is 8.14. The average molecular weight is 430 g/mol. The number of rotatable bonds is 5. The van der Waals surface area contributed by atoms with Crippen molar-refractivity contribution in [2.24, 2.45) is 17.8 Å². The van der Waals surface area contributed by atoms with Crippen molar-refractivity contribution in [2.45, 2.75) is 64.5 Å². The van der Waals surface area contributed by atoms with Gasteiger partial charge in [-0.3, -0.25) is 0 Å². The van der Waals surface area contributed by atoms with Crippen LogP contribution < -0.4 is 4.74 Å². The first kappa shape index (κ1) is 19.9. The molecule has 0 saturated heterocycles. The fourth-order valence-electron chi connectivity index (χ4n) is 7.17. The third-order valence-corrected chi connectivity index (χ3v) is 8.14. The minimum atomic E-state index is -0.911. The maximum Gasteiger partial charge on any atom is 0.356 e. The number of benzene rings is 2. The van der Waals surface area contributed by atoms with E-state index in [9.17, 15) is 9.90 Å². The van der Waals surface area contributed by atoms with E-state index < -0.39 is 5.97 Å². The number of hydrogen-bond donors (Lipinski definition) is 1. The van der Waals surface area contributed by atoms with Crippen LogP contribution in [0.25, 0.3) is 10.9 Å². The Labute approximate surface area is 189 Å². The van der Waals surface area contributed by atoms with Crippen molar-refractivity contribution >= 4 is 16.9 Å². The molecule has 2 aromatic carbocycles. The number of carboxylic acids is 1. The van der Waals surface area contributed by atoms with E-state index in [0.717, 1.165) is 59.0 Å². The topological polar surface area (TPSA) is 51.5 Å². The van der Waals surface area contributed by atoms with Gasteiger partial charge >= 0.3 is 5.97 Å². The molecular formula is C28H31NO3. The summed E-state index contributed by atoms with van der Waals surface area (Å²) in [5.41, 5.74) is 4.46. The van der Waals surface area contributed by atoms with Crippen LogP contribution in [0.15, 0.2) is 42.5 Å². The second kappa shape index (κ2) is 7.13. The molecule has 0 atom stereocenters. The van der Waals surface area contributed by atoms with Gasteiger partial charge in [-0.15, -0.1) is 0 Å². The summed E-state index contributed by atoms with van der Waals surface area (Å²) in [6.07, 6.45) is 7.24. The summed E-state index contributed by atoms with van der Waals surface area (Å²) in [7, 11) is 0. The molecule has 1 N–H and O–H groups in total. The minimum absolute atomic E-state index is 0.189. The van der Waals surface area contributed by atoms with E-state index in [-0.39, 0.29) is 5.60 Å². The monoisotopic (exact) mass is 429 g/mol. The van der Waals surface area contributed by atoms with Gasteiger partial charge in [-0.1, -0.05) is 41.5 Å². The van der Waals surface area contributed by atoms with Crippen LogP contribution in [0, 0.1) is 31.6 Å². The molecule has 1 aromatic heterocycles. The van der Waals surface area contributed by atoms with Crippen molar-refractivity contribution < 1.29 is 14.6 Å². The molecule has 32 heavy (non-hydrogen) atoms. The number of ether oxygens (including phenoxy) is 1. The Morgan fingerprint density at radius 3 is 2.16 bits per heavy atom. The largest absolute Gasteiger partial charge is 0.484 e. The highest BCUT2D eigenvalue weighted by Crippen LogP contribution is 2.57. The number of aromatic nitrogens is 1. The fraction of sp³-hybridized carbons (Fsp3) is 0.464. The van der Waals surface area contributed by atoms with Crippen LogP contribution in [-0.4, -0.2) is 21.2 Å². The van der Waals surface area contributed by atoms with Crippen LogP contribution in [0.4, 0.5) is 0 Å². The quantitative estimate of drug-likeness (QED) is 0.514. The molecule has 3 aromatic rings. The zero-order chi connectivity index (χ0) is 22.0. The van der Waals surface area contributed by atoms with Crippen LogP contribution in [0.3, 0.4) is 0 Å². The lowest BCUT2D eigenvalue weighted by Crippen LogP contribution is -2.53. The number of hydrogen-bond acceptors (Lipinski definition) is 2. The number of carbonyl (C=O) groups is 1. The van der Waals surface area contributed by atoms with Gasteiger partial charge < -0.3 is 14.4 Å². The van der Waals surface area contributed by atoms with Gasteiger partial charge in [0.1, 0.15) is 5.60 Å². The number of aromatic carboxylic acids is 1. The number of fused-ring (bicyclic) bond motifs is 1. The molecule has 4 aliphatic carbocycles. The first-order valence-corrected chi connectivity index (χ1v) is 12.0. The molecule has 4 saturated carbocycles. The summed E-state index contributed by atoms with van der Waals surface area (Å²) in [6.45, 7) is 4.65. The summed E-state index contributed by atoms with van der Waals surface area (Å²) >= 11 is 0.